The Kier molecular flexibility index (Phi) is 5.42. The van der Waals surface area contributed by atoms with E-state index in [4.69, 9.17) is 11.6 Å². The Balaban J connectivity index is 1.49. The average Bonchev–Trinajstić information content (AvgIpc) is 3.13. The lowest BCUT2D eigenvalue weighted by molar-refractivity contribution is -0.114. The molecule has 6 nitrogen and oxygen atoms in total. The monoisotopic (exact) mass is 420 g/mol. The highest BCUT2D eigenvalue weighted by atomic mass is 35.5. The molecule has 2 aromatic carbocycles. The second-order valence-corrected chi connectivity index (χ2v) is 7.78. The summed E-state index contributed by atoms with van der Waals surface area (Å²) in [5.41, 5.74) is 3.91. The number of anilines is 1. The van der Waals surface area contributed by atoms with Crippen LogP contribution in [0.4, 0.5) is 5.69 Å². The highest BCUT2D eigenvalue weighted by molar-refractivity contribution is 6.30. The van der Waals surface area contributed by atoms with E-state index in [1.807, 2.05) is 37.3 Å². The molecule has 4 rings (SSSR count). The first-order chi connectivity index (χ1) is 14.4. The number of carbonyl (C=O) groups is 2. The minimum atomic E-state index is -0.140. The summed E-state index contributed by atoms with van der Waals surface area (Å²) in [6, 6.07) is 12.3. The van der Waals surface area contributed by atoms with Crippen molar-refractivity contribution in [2.75, 3.05) is 5.32 Å². The highest BCUT2D eigenvalue weighted by Crippen LogP contribution is 2.26. The second kappa shape index (κ2) is 8.16. The number of H-pyrrole nitrogens is 1. The number of fused-ring (bicyclic) bond motifs is 1. The number of nitrogens with one attached hydrogen (secondary N) is 3. The molecule has 0 radical (unpaired) electrons. The number of aromatic nitrogens is 2. The summed E-state index contributed by atoms with van der Waals surface area (Å²) < 4.78 is 0. The largest absolute Gasteiger partial charge is 0.345 e. The maximum absolute atomic E-state index is 12.5. The maximum atomic E-state index is 12.5. The van der Waals surface area contributed by atoms with Crippen LogP contribution < -0.4 is 10.6 Å². The summed E-state index contributed by atoms with van der Waals surface area (Å²) in [5.74, 6) is 0.576. The van der Waals surface area contributed by atoms with Crippen molar-refractivity contribution in [2.45, 2.75) is 19.9 Å². The molecule has 152 valence electrons. The topological polar surface area (TPSA) is 86.9 Å². The van der Waals surface area contributed by atoms with Crippen molar-refractivity contribution in [1.82, 2.24) is 15.3 Å². The molecule has 0 bridgehead atoms. The molecule has 0 aliphatic heterocycles. The molecular weight excluding hydrogens is 400 g/mol. The number of halogens is 1. The van der Waals surface area contributed by atoms with Crippen molar-refractivity contribution in [3.8, 4) is 0 Å². The Morgan fingerprint density at radius 3 is 2.60 bits per heavy atom. The summed E-state index contributed by atoms with van der Waals surface area (Å²) in [4.78, 5) is 31.7. The van der Waals surface area contributed by atoms with Gasteiger partial charge >= 0.3 is 0 Å². The quantitative estimate of drug-likeness (QED) is 0.578. The van der Waals surface area contributed by atoms with Crippen molar-refractivity contribution in [1.29, 1.82) is 0 Å². The SMILES string of the molecule is CC(=O)Nc1ccc2nc(C3=CC(C)C(NC(=O)c4ccc(Cl)cc4)C=C3)[nH]c2c1. The number of hydrogen-bond donors (Lipinski definition) is 3. The number of allylic oxidation sites excluding steroid dienone is 2. The molecule has 30 heavy (non-hydrogen) atoms. The standard InChI is InChI=1S/C23H21ClN4O2/c1-13-11-16(5-9-19(13)28-23(30)15-3-6-17(24)7-4-15)22-26-20-10-8-18(25-14(2)29)12-21(20)27-22/h3-13,19H,1-2H3,(H,25,29)(H,26,27)(H,28,30). The molecule has 1 aliphatic carbocycles. The molecule has 1 heterocycles. The lowest BCUT2D eigenvalue weighted by Crippen LogP contribution is -2.38. The molecule has 2 unspecified atom stereocenters. The highest BCUT2D eigenvalue weighted by Gasteiger charge is 2.21. The molecule has 7 heteroatoms. The van der Waals surface area contributed by atoms with E-state index in [1.54, 1.807) is 24.3 Å². The molecule has 1 aliphatic rings. The summed E-state index contributed by atoms with van der Waals surface area (Å²) in [6.45, 7) is 3.53. The third-order valence-corrected chi connectivity index (χ3v) is 5.22. The van der Waals surface area contributed by atoms with E-state index >= 15 is 0 Å². The Bertz CT molecular complexity index is 1180. The molecular formula is C23H21ClN4O2. The van der Waals surface area contributed by atoms with E-state index in [9.17, 15) is 9.59 Å². The maximum Gasteiger partial charge on any atom is 0.251 e. The predicted octanol–water partition coefficient (Wildman–Crippen LogP) is 4.56. The fourth-order valence-corrected chi connectivity index (χ4v) is 3.55. The van der Waals surface area contributed by atoms with Crippen molar-refractivity contribution in [3.63, 3.8) is 0 Å². The summed E-state index contributed by atoms with van der Waals surface area (Å²) in [6.07, 6.45) is 6.02. The van der Waals surface area contributed by atoms with Gasteiger partial charge in [0.05, 0.1) is 17.1 Å². The van der Waals surface area contributed by atoms with Crippen molar-refractivity contribution in [2.24, 2.45) is 5.92 Å². The Morgan fingerprint density at radius 2 is 1.90 bits per heavy atom. The molecule has 0 saturated carbocycles. The molecule has 0 fully saturated rings. The minimum Gasteiger partial charge on any atom is -0.345 e. The fraction of sp³-hybridized carbons (Fsp3) is 0.174. The van der Waals surface area contributed by atoms with Crippen LogP contribution in [0.15, 0.2) is 60.7 Å². The van der Waals surface area contributed by atoms with Gasteiger partial charge in [0.2, 0.25) is 5.91 Å². The van der Waals surface area contributed by atoms with E-state index in [0.29, 0.717) is 10.6 Å². The summed E-state index contributed by atoms with van der Waals surface area (Å²) >= 11 is 5.89. The van der Waals surface area contributed by atoms with Gasteiger partial charge in [0.1, 0.15) is 5.82 Å². The number of rotatable bonds is 4. The molecule has 0 saturated heterocycles. The van der Waals surface area contributed by atoms with Crippen molar-refractivity contribution in [3.05, 3.63) is 77.1 Å². The number of carbonyl (C=O) groups excluding carboxylic acids is 2. The van der Waals surface area contributed by atoms with Gasteiger partial charge in [-0.3, -0.25) is 9.59 Å². The van der Waals surface area contributed by atoms with Gasteiger partial charge in [0.25, 0.3) is 5.91 Å². The Morgan fingerprint density at radius 1 is 1.13 bits per heavy atom. The van der Waals surface area contributed by atoms with Gasteiger partial charge in [-0.1, -0.05) is 36.8 Å². The third kappa shape index (κ3) is 4.28. The number of amides is 2. The number of benzene rings is 2. The molecule has 3 aromatic rings. The van der Waals surface area contributed by atoms with E-state index in [-0.39, 0.29) is 23.8 Å². The predicted molar refractivity (Wildman–Crippen MR) is 119 cm³/mol. The summed E-state index contributed by atoms with van der Waals surface area (Å²) in [7, 11) is 0. The van der Waals surface area contributed by atoms with Crippen LogP contribution in [-0.2, 0) is 4.79 Å². The number of nitrogens with zero attached hydrogens (tertiary/aromatic N) is 1. The van der Waals surface area contributed by atoms with Crippen LogP contribution in [0, 0.1) is 5.92 Å². The lowest BCUT2D eigenvalue weighted by atomic mass is 9.92. The molecule has 1 aromatic heterocycles. The smallest absolute Gasteiger partial charge is 0.251 e. The average molecular weight is 421 g/mol. The lowest BCUT2D eigenvalue weighted by Gasteiger charge is -2.23. The minimum absolute atomic E-state index is 0.0874. The Labute approximate surface area is 179 Å². The first kappa shape index (κ1) is 19.9. The third-order valence-electron chi connectivity index (χ3n) is 4.97. The van der Waals surface area contributed by atoms with Crippen LogP contribution >= 0.6 is 11.6 Å². The van der Waals surface area contributed by atoms with Gasteiger partial charge in [-0.25, -0.2) is 4.98 Å². The van der Waals surface area contributed by atoms with E-state index in [1.165, 1.54) is 6.92 Å². The number of imidazole rings is 1. The molecule has 2 atom stereocenters. The molecule has 2 amide bonds. The number of aromatic amines is 1. The summed E-state index contributed by atoms with van der Waals surface area (Å²) in [5, 5.41) is 6.41. The normalized spacial score (nSPS) is 18.2. The molecule has 0 spiro atoms. The van der Waals surface area contributed by atoms with Crippen molar-refractivity contribution >= 4 is 45.7 Å². The zero-order chi connectivity index (χ0) is 21.3. The number of hydrogen-bond acceptors (Lipinski definition) is 3. The zero-order valence-corrected chi connectivity index (χ0v) is 17.3. The van der Waals surface area contributed by atoms with E-state index < -0.39 is 0 Å². The Hall–Kier alpha value is -3.38. The van der Waals surface area contributed by atoms with Crippen LogP contribution in [0.3, 0.4) is 0 Å². The van der Waals surface area contributed by atoms with Crippen molar-refractivity contribution < 1.29 is 9.59 Å². The zero-order valence-electron chi connectivity index (χ0n) is 16.6. The van der Waals surface area contributed by atoms with Gasteiger partial charge in [-0.05, 0) is 48.4 Å². The fourth-order valence-electron chi connectivity index (χ4n) is 3.43. The van der Waals surface area contributed by atoms with Crippen LogP contribution in [-0.4, -0.2) is 27.8 Å². The van der Waals surface area contributed by atoms with E-state index in [0.717, 1.165) is 28.1 Å². The van der Waals surface area contributed by atoms with Gasteiger partial charge in [-0.2, -0.15) is 0 Å². The van der Waals surface area contributed by atoms with Crippen LogP contribution in [0.25, 0.3) is 16.6 Å². The van der Waals surface area contributed by atoms with Gasteiger partial charge < -0.3 is 15.6 Å². The van der Waals surface area contributed by atoms with Crippen LogP contribution in [0.1, 0.15) is 30.0 Å². The van der Waals surface area contributed by atoms with Crippen LogP contribution in [0.2, 0.25) is 5.02 Å². The first-order valence-electron chi connectivity index (χ1n) is 9.63. The van der Waals surface area contributed by atoms with Gasteiger partial charge in [-0.15, -0.1) is 0 Å². The van der Waals surface area contributed by atoms with Gasteiger partial charge in [0, 0.05) is 28.8 Å². The molecule has 3 N–H and O–H groups in total. The first-order valence-corrected chi connectivity index (χ1v) is 10.0. The van der Waals surface area contributed by atoms with Crippen LogP contribution in [0.5, 0.6) is 0 Å². The van der Waals surface area contributed by atoms with Gasteiger partial charge in [0.15, 0.2) is 0 Å². The van der Waals surface area contributed by atoms with E-state index in [2.05, 4.69) is 26.7 Å². The second-order valence-electron chi connectivity index (χ2n) is 7.34.